The number of aliphatic hydroxyl groups is 1. The number of aliphatic hydroxyl groups excluding tert-OH is 1. The van der Waals surface area contributed by atoms with Gasteiger partial charge in [0.05, 0.1) is 6.10 Å². The number of carbonyl (C=O) groups is 1. The molecule has 0 bridgehead atoms. The van der Waals surface area contributed by atoms with E-state index in [0.29, 0.717) is 6.54 Å². The molecule has 0 spiro atoms. The van der Waals surface area contributed by atoms with Crippen molar-refractivity contribution in [2.75, 3.05) is 13.1 Å². The molecule has 82 valence electrons. The molecule has 5 heteroatoms. The molecule has 2 heterocycles. The van der Waals surface area contributed by atoms with E-state index in [9.17, 15) is 9.90 Å². The van der Waals surface area contributed by atoms with Gasteiger partial charge < -0.3 is 10.0 Å². The number of rotatable bonds is 2. The lowest BCUT2D eigenvalue weighted by Gasteiger charge is -2.30. The molecule has 0 aliphatic carbocycles. The molecule has 0 unspecified atom stereocenters. The van der Waals surface area contributed by atoms with E-state index in [1.807, 2.05) is 0 Å². The van der Waals surface area contributed by atoms with E-state index < -0.39 is 0 Å². The van der Waals surface area contributed by atoms with Crippen molar-refractivity contribution in [3.05, 3.63) is 18.5 Å². The minimum Gasteiger partial charge on any atom is -0.391 e. The number of hydrogen-bond acceptors (Lipinski definition) is 3. The second-order valence-corrected chi connectivity index (χ2v) is 3.84. The van der Waals surface area contributed by atoms with Crippen molar-refractivity contribution in [2.24, 2.45) is 0 Å². The highest BCUT2D eigenvalue weighted by atomic mass is 16.3. The average molecular weight is 209 g/mol. The standard InChI is InChI=1S/C10H15N3O2/c14-9-3-1-5-12(7-9)10(15)8-13-6-2-4-11-13/h2,4,6,9,14H,1,3,5,7-8H2/t9-/m0/s1. The molecule has 1 aromatic rings. The predicted octanol–water partition coefficient (Wildman–Crippen LogP) is -0.134. The molecule has 1 N–H and O–H groups in total. The van der Waals surface area contributed by atoms with Crippen molar-refractivity contribution in [3.63, 3.8) is 0 Å². The van der Waals surface area contributed by atoms with Crippen LogP contribution in [0.15, 0.2) is 18.5 Å². The highest BCUT2D eigenvalue weighted by Gasteiger charge is 2.21. The SMILES string of the molecule is O=C(Cn1cccn1)N1CCC[C@H](O)C1. The van der Waals surface area contributed by atoms with E-state index in [4.69, 9.17) is 0 Å². The molecular weight excluding hydrogens is 194 g/mol. The van der Waals surface area contributed by atoms with E-state index in [0.717, 1.165) is 19.4 Å². The zero-order valence-electron chi connectivity index (χ0n) is 8.54. The van der Waals surface area contributed by atoms with Crippen molar-refractivity contribution in [1.82, 2.24) is 14.7 Å². The highest BCUT2D eigenvalue weighted by molar-refractivity contribution is 5.76. The van der Waals surface area contributed by atoms with Crippen LogP contribution < -0.4 is 0 Å². The van der Waals surface area contributed by atoms with E-state index in [2.05, 4.69) is 5.10 Å². The average Bonchev–Trinajstić information content (AvgIpc) is 2.70. The van der Waals surface area contributed by atoms with Gasteiger partial charge >= 0.3 is 0 Å². The summed E-state index contributed by atoms with van der Waals surface area (Å²) >= 11 is 0. The van der Waals surface area contributed by atoms with Gasteiger partial charge in [-0.3, -0.25) is 9.48 Å². The van der Waals surface area contributed by atoms with Gasteiger partial charge in [0.25, 0.3) is 0 Å². The summed E-state index contributed by atoms with van der Waals surface area (Å²) in [6.45, 7) is 1.47. The Kier molecular flexibility index (Phi) is 3.01. The van der Waals surface area contributed by atoms with Crippen LogP contribution in [-0.4, -0.2) is 44.9 Å². The maximum absolute atomic E-state index is 11.8. The zero-order chi connectivity index (χ0) is 10.7. The van der Waals surface area contributed by atoms with Crippen LogP contribution in [0.25, 0.3) is 0 Å². The molecule has 2 rings (SSSR count). The Balaban J connectivity index is 1.90. The number of hydrogen-bond donors (Lipinski definition) is 1. The van der Waals surface area contributed by atoms with Gasteiger partial charge in [-0.05, 0) is 18.9 Å². The predicted molar refractivity (Wildman–Crippen MR) is 54.0 cm³/mol. The number of β-amino-alcohol motifs (C(OH)–C–C–N with tert-alkyl or cyclic N) is 1. The molecular formula is C10H15N3O2. The van der Waals surface area contributed by atoms with E-state index >= 15 is 0 Å². The molecule has 1 saturated heterocycles. The van der Waals surface area contributed by atoms with Gasteiger partial charge in [-0.2, -0.15) is 5.10 Å². The summed E-state index contributed by atoms with van der Waals surface area (Å²) < 4.78 is 1.60. The first-order valence-corrected chi connectivity index (χ1v) is 5.19. The summed E-state index contributed by atoms with van der Waals surface area (Å²) in [6, 6.07) is 1.79. The molecule has 5 nitrogen and oxygen atoms in total. The Morgan fingerprint density at radius 1 is 1.60 bits per heavy atom. The molecule has 1 atom stereocenters. The van der Waals surface area contributed by atoms with Gasteiger partial charge in [0.2, 0.25) is 5.91 Å². The van der Waals surface area contributed by atoms with Gasteiger partial charge in [-0.25, -0.2) is 0 Å². The number of likely N-dealkylation sites (tertiary alicyclic amines) is 1. The normalized spacial score (nSPS) is 21.7. The Labute approximate surface area is 88.3 Å². The second kappa shape index (κ2) is 4.44. The van der Waals surface area contributed by atoms with Crippen molar-refractivity contribution < 1.29 is 9.90 Å². The maximum Gasteiger partial charge on any atom is 0.244 e. The van der Waals surface area contributed by atoms with Crippen LogP contribution in [0.1, 0.15) is 12.8 Å². The summed E-state index contributed by atoms with van der Waals surface area (Å²) in [6.07, 6.45) is 4.73. The maximum atomic E-state index is 11.8. The monoisotopic (exact) mass is 209 g/mol. The first-order valence-electron chi connectivity index (χ1n) is 5.19. The van der Waals surface area contributed by atoms with E-state index in [1.165, 1.54) is 0 Å². The van der Waals surface area contributed by atoms with Crippen LogP contribution in [0, 0.1) is 0 Å². The number of nitrogens with zero attached hydrogens (tertiary/aromatic N) is 3. The smallest absolute Gasteiger partial charge is 0.244 e. The molecule has 0 saturated carbocycles. The summed E-state index contributed by atoms with van der Waals surface area (Å²) in [7, 11) is 0. The zero-order valence-corrected chi connectivity index (χ0v) is 8.54. The lowest BCUT2D eigenvalue weighted by atomic mass is 10.1. The van der Waals surface area contributed by atoms with Crippen molar-refractivity contribution in [1.29, 1.82) is 0 Å². The molecule has 1 aliphatic heterocycles. The Bertz CT molecular complexity index is 323. The third kappa shape index (κ3) is 2.56. The first kappa shape index (κ1) is 10.2. The number of amides is 1. The fourth-order valence-electron chi connectivity index (χ4n) is 1.81. The van der Waals surface area contributed by atoms with Crippen molar-refractivity contribution >= 4 is 5.91 Å². The minimum atomic E-state index is -0.361. The fourth-order valence-corrected chi connectivity index (χ4v) is 1.81. The molecule has 0 radical (unpaired) electrons. The number of piperidine rings is 1. The summed E-state index contributed by atoms with van der Waals surface area (Å²) in [5, 5.41) is 13.4. The third-order valence-corrected chi connectivity index (χ3v) is 2.61. The minimum absolute atomic E-state index is 0.0254. The quantitative estimate of drug-likeness (QED) is 0.738. The lowest BCUT2D eigenvalue weighted by Crippen LogP contribution is -2.43. The van der Waals surface area contributed by atoms with Crippen LogP contribution in [0.2, 0.25) is 0 Å². The van der Waals surface area contributed by atoms with Gasteiger partial charge in [-0.1, -0.05) is 0 Å². The fraction of sp³-hybridized carbons (Fsp3) is 0.600. The topological polar surface area (TPSA) is 58.4 Å². The molecule has 1 fully saturated rings. The molecule has 1 amide bonds. The Morgan fingerprint density at radius 2 is 2.47 bits per heavy atom. The Hall–Kier alpha value is -1.36. The highest BCUT2D eigenvalue weighted by Crippen LogP contribution is 2.10. The van der Waals surface area contributed by atoms with Crippen molar-refractivity contribution in [3.8, 4) is 0 Å². The molecule has 0 aromatic carbocycles. The number of carbonyl (C=O) groups excluding carboxylic acids is 1. The van der Waals surface area contributed by atoms with Crippen LogP contribution in [-0.2, 0) is 11.3 Å². The molecule has 1 aliphatic rings. The van der Waals surface area contributed by atoms with Crippen LogP contribution in [0.5, 0.6) is 0 Å². The van der Waals surface area contributed by atoms with E-state index in [-0.39, 0.29) is 18.6 Å². The summed E-state index contributed by atoms with van der Waals surface area (Å²) in [5.74, 6) is 0.0254. The molecule has 1 aromatic heterocycles. The van der Waals surface area contributed by atoms with E-state index in [1.54, 1.807) is 28.0 Å². The number of aromatic nitrogens is 2. The first-order chi connectivity index (χ1) is 7.25. The second-order valence-electron chi connectivity index (χ2n) is 3.84. The van der Waals surface area contributed by atoms with Crippen LogP contribution in [0.4, 0.5) is 0 Å². The third-order valence-electron chi connectivity index (χ3n) is 2.61. The van der Waals surface area contributed by atoms with Crippen molar-refractivity contribution in [2.45, 2.75) is 25.5 Å². The largest absolute Gasteiger partial charge is 0.391 e. The lowest BCUT2D eigenvalue weighted by molar-refractivity contribution is -0.135. The summed E-state index contributed by atoms with van der Waals surface area (Å²) in [5.41, 5.74) is 0. The van der Waals surface area contributed by atoms with Crippen LogP contribution in [0.3, 0.4) is 0 Å². The Morgan fingerprint density at radius 3 is 3.13 bits per heavy atom. The van der Waals surface area contributed by atoms with Gasteiger partial charge in [0, 0.05) is 25.5 Å². The molecule has 15 heavy (non-hydrogen) atoms. The van der Waals surface area contributed by atoms with Gasteiger partial charge in [0.15, 0.2) is 0 Å². The van der Waals surface area contributed by atoms with Crippen LogP contribution >= 0.6 is 0 Å². The van der Waals surface area contributed by atoms with Gasteiger partial charge in [0.1, 0.15) is 6.54 Å². The summed E-state index contributed by atoms with van der Waals surface area (Å²) in [4.78, 5) is 13.5. The van der Waals surface area contributed by atoms with Gasteiger partial charge in [-0.15, -0.1) is 0 Å².